The molecule has 2 aromatic rings. The van der Waals surface area contributed by atoms with Crippen molar-refractivity contribution >= 4 is 23.2 Å². The first-order valence-electron chi connectivity index (χ1n) is 7.25. The van der Waals surface area contributed by atoms with E-state index in [0.717, 1.165) is 5.56 Å². The molecule has 0 fully saturated rings. The van der Waals surface area contributed by atoms with E-state index in [9.17, 15) is 0 Å². The van der Waals surface area contributed by atoms with E-state index in [2.05, 4.69) is 50.4 Å². The van der Waals surface area contributed by atoms with Gasteiger partial charge in [-0.15, -0.1) is 0 Å². The van der Waals surface area contributed by atoms with Gasteiger partial charge in [-0.05, 0) is 30.0 Å². The number of hydrogen-bond acceptors (Lipinski definition) is 1. The lowest BCUT2D eigenvalue weighted by Gasteiger charge is -2.28. The van der Waals surface area contributed by atoms with Crippen molar-refractivity contribution < 1.29 is 0 Å². The van der Waals surface area contributed by atoms with Gasteiger partial charge in [-0.2, -0.15) is 0 Å². The Bertz CT molecular complexity index is 581. The van der Waals surface area contributed by atoms with Gasteiger partial charge in [0.1, 0.15) is 0 Å². The van der Waals surface area contributed by atoms with E-state index < -0.39 is 0 Å². The highest BCUT2D eigenvalue weighted by molar-refractivity contribution is 6.42. The average molecular weight is 322 g/mol. The second-order valence-electron chi connectivity index (χ2n) is 5.66. The first-order chi connectivity index (χ1) is 10.0. The fourth-order valence-corrected chi connectivity index (χ4v) is 3.02. The van der Waals surface area contributed by atoms with E-state index >= 15 is 0 Å². The van der Waals surface area contributed by atoms with Gasteiger partial charge in [0.05, 0.1) is 10.0 Å². The van der Waals surface area contributed by atoms with Crippen LogP contribution >= 0.6 is 23.2 Å². The van der Waals surface area contributed by atoms with Crippen LogP contribution in [-0.2, 0) is 0 Å². The smallest absolute Gasteiger partial charge is 0.0639 e. The lowest BCUT2D eigenvalue weighted by atomic mass is 9.94. The molecule has 2 unspecified atom stereocenters. The molecule has 0 saturated heterocycles. The van der Waals surface area contributed by atoms with Crippen molar-refractivity contribution in [3.8, 4) is 0 Å². The molecule has 2 atom stereocenters. The number of rotatable bonds is 5. The molecule has 1 N–H and O–H groups in total. The number of benzene rings is 2. The maximum atomic E-state index is 6.33. The van der Waals surface area contributed by atoms with Crippen molar-refractivity contribution in [2.75, 3.05) is 0 Å². The topological polar surface area (TPSA) is 12.0 Å². The molecule has 0 saturated carbocycles. The molecule has 0 heterocycles. The van der Waals surface area contributed by atoms with Crippen LogP contribution in [0.15, 0.2) is 48.5 Å². The first kappa shape index (κ1) is 16.4. The Morgan fingerprint density at radius 3 is 2.14 bits per heavy atom. The molecule has 0 spiro atoms. The van der Waals surface area contributed by atoms with Crippen LogP contribution < -0.4 is 5.32 Å². The van der Waals surface area contributed by atoms with Crippen LogP contribution in [0.25, 0.3) is 0 Å². The average Bonchev–Trinajstić information content (AvgIpc) is 2.48. The van der Waals surface area contributed by atoms with Gasteiger partial charge in [-0.1, -0.05) is 79.5 Å². The molecule has 2 aromatic carbocycles. The van der Waals surface area contributed by atoms with Crippen molar-refractivity contribution in [1.82, 2.24) is 5.32 Å². The van der Waals surface area contributed by atoms with Crippen LogP contribution in [0.2, 0.25) is 10.0 Å². The summed E-state index contributed by atoms with van der Waals surface area (Å²) in [6.07, 6.45) is 0. The van der Waals surface area contributed by atoms with Gasteiger partial charge in [0, 0.05) is 12.1 Å². The van der Waals surface area contributed by atoms with Crippen molar-refractivity contribution in [3.63, 3.8) is 0 Å². The predicted octanol–water partition coefficient (Wildman–Crippen LogP) is 6.04. The second kappa shape index (κ2) is 7.31. The quantitative estimate of drug-likeness (QED) is 0.707. The van der Waals surface area contributed by atoms with Crippen LogP contribution in [0.4, 0.5) is 0 Å². The van der Waals surface area contributed by atoms with Crippen molar-refractivity contribution in [3.05, 3.63) is 69.7 Å². The van der Waals surface area contributed by atoms with Crippen LogP contribution in [0, 0.1) is 5.92 Å². The van der Waals surface area contributed by atoms with Crippen molar-refractivity contribution in [2.45, 2.75) is 32.9 Å². The zero-order valence-electron chi connectivity index (χ0n) is 12.6. The van der Waals surface area contributed by atoms with Gasteiger partial charge in [-0.25, -0.2) is 0 Å². The summed E-state index contributed by atoms with van der Waals surface area (Å²) < 4.78 is 0. The SMILES string of the molecule is CC(NC(c1ccccc1)C(C)C)c1cccc(Cl)c1Cl. The third kappa shape index (κ3) is 4.00. The summed E-state index contributed by atoms with van der Waals surface area (Å²) in [6, 6.07) is 16.7. The standard InChI is InChI=1S/C18H21Cl2N/c1-12(2)18(14-8-5-4-6-9-14)21-13(3)15-10-7-11-16(19)17(15)20/h4-13,18,21H,1-3H3. The molecule has 1 nitrogen and oxygen atoms in total. The molecule has 0 aliphatic rings. The van der Waals surface area contributed by atoms with E-state index in [1.54, 1.807) is 0 Å². The van der Waals surface area contributed by atoms with Gasteiger partial charge >= 0.3 is 0 Å². The third-order valence-electron chi connectivity index (χ3n) is 3.70. The van der Waals surface area contributed by atoms with E-state index in [0.29, 0.717) is 16.0 Å². The summed E-state index contributed by atoms with van der Waals surface area (Å²) >= 11 is 12.4. The molecule has 0 radical (unpaired) electrons. The maximum absolute atomic E-state index is 6.33. The zero-order chi connectivity index (χ0) is 15.4. The minimum atomic E-state index is 0.129. The summed E-state index contributed by atoms with van der Waals surface area (Å²) in [6.45, 7) is 6.56. The Kier molecular flexibility index (Phi) is 5.69. The fraction of sp³-hybridized carbons (Fsp3) is 0.333. The third-order valence-corrected chi connectivity index (χ3v) is 4.54. The minimum Gasteiger partial charge on any atom is -0.303 e. The summed E-state index contributed by atoms with van der Waals surface area (Å²) in [5.74, 6) is 0.479. The van der Waals surface area contributed by atoms with Gasteiger partial charge in [-0.3, -0.25) is 0 Å². The van der Waals surface area contributed by atoms with E-state index in [-0.39, 0.29) is 12.1 Å². The summed E-state index contributed by atoms with van der Waals surface area (Å²) in [5, 5.41) is 4.91. The molecule has 0 bridgehead atoms. The predicted molar refractivity (Wildman–Crippen MR) is 92.0 cm³/mol. The molecule has 0 amide bonds. The second-order valence-corrected chi connectivity index (χ2v) is 6.45. The van der Waals surface area contributed by atoms with E-state index in [4.69, 9.17) is 23.2 Å². The van der Waals surface area contributed by atoms with Crippen molar-refractivity contribution in [2.24, 2.45) is 5.92 Å². The molecule has 21 heavy (non-hydrogen) atoms. The molecule has 0 aliphatic carbocycles. The Balaban J connectivity index is 2.23. The minimum absolute atomic E-state index is 0.129. The molecule has 3 heteroatoms. The molecule has 2 rings (SSSR count). The largest absolute Gasteiger partial charge is 0.303 e. The number of nitrogens with one attached hydrogen (secondary N) is 1. The molecule has 0 aliphatic heterocycles. The van der Waals surface area contributed by atoms with Crippen LogP contribution in [0.1, 0.15) is 44.0 Å². The Morgan fingerprint density at radius 1 is 0.857 bits per heavy atom. The Morgan fingerprint density at radius 2 is 1.52 bits per heavy atom. The highest BCUT2D eigenvalue weighted by Crippen LogP contribution is 2.32. The summed E-state index contributed by atoms with van der Waals surface area (Å²) in [5.41, 5.74) is 2.32. The highest BCUT2D eigenvalue weighted by atomic mass is 35.5. The molecule has 112 valence electrons. The summed E-state index contributed by atoms with van der Waals surface area (Å²) in [4.78, 5) is 0. The summed E-state index contributed by atoms with van der Waals surface area (Å²) in [7, 11) is 0. The normalized spacial score (nSPS) is 14.2. The van der Waals surface area contributed by atoms with Gasteiger partial charge in [0.2, 0.25) is 0 Å². The van der Waals surface area contributed by atoms with Crippen LogP contribution in [0.5, 0.6) is 0 Å². The van der Waals surface area contributed by atoms with Gasteiger partial charge in [0.15, 0.2) is 0 Å². The fourth-order valence-electron chi connectivity index (χ4n) is 2.55. The van der Waals surface area contributed by atoms with E-state index in [1.807, 2.05) is 24.3 Å². The first-order valence-corrected chi connectivity index (χ1v) is 8.01. The lowest BCUT2D eigenvalue weighted by Crippen LogP contribution is -2.28. The van der Waals surface area contributed by atoms with Crippen molar-refractivity contribution in [1.29, 1.82) is 0 Å². The molecular formula is C18H21Cl2N. The van der Waals surface area contributed by atoms with Crippen LogP contribution in [-0.4, -0.2) is 0 Å². The monoisotopic (exact) mass is 321 g/mol. The van der Waals surface area contributed by atoms with Crippen LogP contribution in [0.3, 0.4) is 0 Å². The maximum Gasteiger partial charge on any atom is 0.0639 e. The van der Waals surface area contributed by atoms with E-state index in [1.165, 1.54) is 5.56 Å². The molecular weight excluding hydrogens is 301 g/mol. The Labute approximate surface area is 137 Å². The van der Waals surface area contributed by atoms with Gasteiger partial charge in [0.25, 0.3) is 0 Å². The molecule has 0 aromatic heterocycles. The lowest BCUT2D eigenvalue weighted by molar-refractivity contribution is 0.374. The highest BCUT2D eigenvalue weighted by Gasteiger charge is 2.20. The zero-order valence-corrected chi connectivity index (χ0v) is 14.1. The number of halogens is 2. The number of hydrogen-bond donors (Lipinski definition) is 1. The van der Waals surface area contributed by atoms with Gasteiger partial charge < -0.3 is 5.32 Å². The Hall–Kier alpha value is -1.02.